The van der Waals surface area contributed by atoms with Gasteiger partial charge in [-0.05, 0) is 33.6 Å². The second-order valence-corrected chi connectivity index (χ2v) is 5.61. The number of ketones is 1. The van der Waals surface area contributed by atoms with Crippen molar-refractivity contribution in [3.8, 4) is 0 Å². The minimum atomic E-state index is -0.739. The summed E-state index contributed by atoms with van der Waals surface area (Å²) in [5.74, 6) is -1.77. The van der Waals surface area contributed by atoms with Crippen LogP contribution in [0.1, 0.15) is 23.6 Å². The molecule has 0 radical (unpaired) electrons. The smallest absolute Gasteiger partial charge is 0.143 e. The van der Waals surface area contributed by atoms with Crippen LogP contribution in [0.3, 0.4) is 0 Å². The molecule has 2 rings (SSSR count). The van der Waals surface area contributed by atoms with Gasteiger partial charge in [-0.1, -0.05) is 30.3 Å². The first-order chi connectivity index (χ1) is 9.99. The monoisotopic (exact) mass is 353 g/mol. The molecule has 0 fully saturated rings. The van der Waals surface area contributed by atoms with Crippen LogP contribution in [0.15, 0.2) is 46.9 Å². The van der Waals surface area contributed by atoms with Gasteiger partial charge in [0.25, 0.3) is 0 Å². The molecule has 1 atom stereocenters. The van der Waals surface area contributed by atoms with Crippen LogP contribution in [0.2, 0.25) is 0 Å². The van der Waals surface area contributed by atoms with Crippen LogP contribution < -0.4 is 5.73 Å². The maximum atomic E-state index is 13.8. The van der Waals surface area contributed by atoms with E-state index in [1.807, 2.05) is 30.3 Å². The molecule has 1 unspecified atom stereocenters. The van der Waals surface area contributed by atoms with E-state index in [-0.39, 0.29) is 28.7 Å². The van der Waals surface area contributed by atoms with E-state index in [0.29, 0.717) is 0 Å². The van der Waals surface area contributed by atoms with E-state index >= 15 is 0 Å². The topological polar surface area (TPSA) is 43.1 Å². The highest BCUT2D eigenvalue weighted by molar-refractivity contribution is 9.10. The highest BCUT2D eigenvalue weighted by Gasteiger charge is 2.18. The SMILES string of the molecule is NC(CC(=O)Cc1c(F)ccc(Br)c1F)c1ccccc1. The van der Waals surface area contributed by atoms with E-state index in [1.54, 1.807) is 0 Å². The molecule has 5 heteroatoms. The average molecular weight is 354 g/mol. The fraction of sp³-hybridized carbons (Fsp3) is 0.188. The van der Waals surface area contributed by atoms with Crippen LogP contribution in [0.5, 0.6) is 0 Å². The van der Waals surface area contributed by atoms with Crippen LogP contribution in [-0.2, 0) is 11.2 Å². The first-order valence-electron chi connectivity index (χ1n) is 6.43. The number of hydrogen-bond acceptors (Lipinski definition) is 2. The van der Waals surface area contributed by atoms with Crippen molar-refractivity contribution in [3.05, 3.63) is 69.7 Å². The molecule has 2 N–H and O–H groups in total. The average Bonchev–Trinajstić information content (AvgIpc) is 2.48. The summed E-state index contributed by atoms with van der Waals surface area (Å²) in [4.78, 5) is 12.0. The Labute approximate surface area is 130 Å². The molecule has 2 aromatic rings. The molecular weight excluding hydrogens is 340 g/mol. The molecule has 0 saturated carbocycles. The summed E-state index contributed by atoms with van der Waals surface area (Å²) in [6.07, 6.45) is -0.271. The summed E-state index contributed by atoms with van der Waals surface area (Å²) in [6.45, 7) is 0. The Morgan fingerprint density at radius 3 is 2.48 bits per heavy atom. The Morgan fingerprint density at radius 2 is 1.81 bits per heavy atom. The van der Waals surface area contributed by atoms with Crippen LogP contribution in [0.4, 0.5) is 8.78 Å². The molecule has 0 aliphatic heterocycles. The number of nitrogens with two attached hydrogens (primary N) is 1. The van der Waals surface area contributed by atoms with E-state index in [2.05, 4.69) is 15.9 Å². The van der Waals surface area contributed by atoms with Crippen molar-refractivity contribution < 1.29 is 13.6 Å². The van der Waals surface area contributed by atoms with Crippen molar-refractivity contribution >= 4 is 21.7 Å². The lowest BCUT2D eigenvalue weighted by Crippen LogP contribution is -2.17. The molecule has 0 heterocycles. The quantitative estimate of drug-likeness (QED) is 0.827. The first kappa shape index (κ1) is 15.8. The number of rotatable bonds is 5. The molecule has 0 aromatic heterocycles. The van der Waals surface area contributed by atoms with Crippen molar-refractivity contribution in [2.75, 3.05) is 0 Å². The predicted octanol–water partition coefficient (Wildman–Crippen LogP) is 3.93. The third-order valence-electron chi connectivity index (χ3n) is 3.19. The van der Waals surface area contributed by atoms with Gasteiger partial charge in [0.1, 0.15) is 17.4 Å². The lowest BCUT2D eigenvalue weighted by atomic mass is 9.98. The van der Waals surface area contributed by atoms with Gasteiger partial charge in [-0.3, -0.25) is 4.79 Å². The molecule has 0 bridgehead atoms. The number of hydrogen-bond donors (Lipinski definition) is 1. The lowest BCUT2D eigenvalue weighted by Gasteiger charge is -2.12. The third kappa shape index (κ3) is 3.95. The highest BCUT2D eigenvalue weighted by Crippen LogP contribution is 2.23. The zero-order chi connectivity index (χ0) is 15.4. The van der Waals surface area contributed by atoms with E-state index in [1.165, 1.54) is 6.07 Å². The van der Waals surface area contributed by atoms with Gasteiger partial charge in [0.2, 0.25) is 0 Å². The number of carbonyl (C=O) groups is 1. The minimum Gasteiger partial charge on any atom is -0.324 e. The molecule has 0 saturated heterocycles. The van der Waals surface area contributed by atoms with Crippen molar-refractivity contribution in [2.45, 2.75) is 18.9 Å². The van der Waals surface area contributed by atoms with Crippen molar-refractivity contribution in [1.29, 1.82) is 0 Å². The third-order valence-corrected chi connectivity index (χ3v) is 3.80. The summed E-state index contributed by atoms with van der Waals surface area (Å²) in [5.41, 5.74) is 6.53. The normalized spacial score (nSPS) is 12.2. The van der Waals surface area contributed by atoms with Gasteiger partial charge in [0, 0.05) is 24.4 Å². The van der Waals surface area contributed by atoms with Crippen molar-refractivity contribution in [1.82, 2.24) is 0 Å². The van der Waals surface area contributed by atoms with E-state index in [9.17, 15) is 13.6 Å². The van der Waals surface area contributed by atoms with E-state index in [4.69, 9.17) is 5.73 Å². The molecule has 0 spiro atoms. The molecule has 2 aromatic carbocycles. The fourth-order valence-electron chi connectivity index (χ4n) is 2.06. The Balaban J connectivity index is 2.08. The largest absolute Gasteiger partial charge is 0.324 e. The summed E-state index contributed by atoms with van der Waals surface area (Å²) in [5, 5.41) is 0. The van der Waals surface area contributed by atoms with Gasteiger partial charge >= 0.3 is 0 Å². The second kappa shape index (κ2) is 6.91. The molecule has 0 aliphatic carbocycles. The van der Waals surface area contributed by atoms with Gasteiger partial charge in [0.05, 0.1) is 4.47 Å². The molecule has 2 nitrogen and oxygen atoms in total. The summed E-state index contributed by atoms with van der Waals surface area (Å²) >= 11 is 2.98. The predicted molar refractivity (Wildman–Crippen MR) is 80.8 cm³/mol. The van der Waals surface area contributed by atoms with E-state index < -0.39 is 17.7 Å². The van der Waals surface area contributed by atoms with Gasteiger partial charge in [0.15, 0.2) is 0 Å². The summed E-state index contributed by atoms with van der Waals surface area (Å²) < 4.78 is 27.6. The fourth-order valence-corrected chi connectivity index (χ4v) is 2.44. The molecule has 0 aliphatic rings. The number of Topliss-reactive ketones (excluding diaryl/α,β-unsaturated/α-hetero) is 1. The van der Waals surface area contributed by atoms with Gasteiger partial charge < -0.3 is 5.73 Å². The summed E-state index contributed by atoms with van der Waals surface area (Å²) in [6, 6.07) is 11.1. The molecular formula is C16H14BrF2NO. The highest BCUT2D eigenvalue weighted by atomic mass is 79.9. The zero-order valence-corrected chi connectivity index (χ0v) is 12.7. The van der Waals surface area contributed by atoms with Crippen molar-refractivity contribution in [3.63, 3.8) is 0 Å². The van der Waals surface area contributed by atoms with Crippen LogP contribution in [0, 0.1) is 11.6 Å². The van der Waals surface area contributed by atoms with Crippen LogP contribution in [0.25, 0.3) is 0 Å². The Kier molecular flexibility index (Phi) is 5.20. The lowest BCUT2D eigenvalue weighted by molar-refractivity contribution is -0.118. The van der Waals surface area contributed by atoms with Crippen LogP contribution in [-0.4, -0.2) is 5.78 Å². The Hall–Kier alpha value is -1.59. The minimum absolute atomic E-state index is 0.0371. The standard InChI is InChI=1S/C16H14BrF2NO/c17-13-6-7-14(18)12(16(13)19)8-11(21)9-15(20)10-4-2-1-3-5-10/h1-7,15H,8-9,20H2. The Bertz CT molecular complexity index is 646. The van der Waals surface area contributed by atoms with Gasteiger partial charge in [-0.15, -0.1) is 0 Å². The molecule has 0 amide bonds. The van der Waals surface area contributed by atoms with Gasteiger partial charge in [-0.25, -0.2) is 8.78 Å². The first-order valence-corrected chi connectivity index (χ1v) is 7.23. The summed E-state index contributed by atoms with van der Waals surface area (Å²) in [7, 11) is 0. The maximum Gasteiger partial charge on any atom is 0.143 e. The molecule has 110 valence electrons. The second-order valence-electron chi connectivity index (χ2n) is 4.76. The molecule has 21 heavy (non-hydrogen) atoms. The zero-order valence-electron chi connectivity index (χ0n) is 11.2. The number of halogens is 3. The Morgan fingerprint density at radius 1 is 1.14 bits per heavy atom. The number of carbonyl (C=O) groups excluding carboxylic acids is 1. The van der Waals surface area contributed by atoms with E-state index in [0.717, 1.165) is 11.6 Å². The van der Waals surface area contributed by atoms with Crippen molar-refractivity contribution in [2.24, 2.45) is 5.73 Å². The number of benzene rings is 2. The van der Waals surface area contributed by atoms with Crippen LogP contribution >= 0.6 is 15.9 Å². The maximum absolute atomic E-state index is 13.8. The van der Waals surface area contributed by atoms with Gasteiger partial charge in [-0.2, -0.15) is 0 Å².